The third-order valence-electron chi connectivity index (χ3n) is 3.05. The van der Waals surface area contributed by atoms with Crippen LogP contribution >= 0.6 is 0 Å². The molecule has 0 aliphatic carbocycles. The van der Waals surface area contributed by atoms with E-state index in [1.807, 2.05) is 0 Å². The highest BCUT2D eigenvalue weighted by Crippen LogP contribution is 2.16. The first-order valence-electron chi connectivity index (χ1n) is 5.96. The molecule has 5 nitrogen and oxygen atoms in total. The van der Waals surface area contributed by atoms with Crippen LogP contribution in [0.3, 0.4) is 0 Å². The number of H-pyrrole nitrogens is 1. The van der Waals surface area contributed by atoms with E-state index in [4.69, 9.17) is 11.2 Å². The standard InChI is InChI=1S/C15H11N3O2/c1-3-13-17-14-12(8-9-16-14)15(19)18(13)10-4-6-11(20-2)7-5-10/h1,4-9,16H,2H3. The van der Waals surface area contributed by atoms with Crippen LogP contribution in [0.1, 0.15) is 5.82 Å². The number of aromatic amines is 1. The number of ether oxygens (including phenoxy) is 1. The molecule has 0 spiro atoms. The number of aromatic nitrogens is 3. The Hall–Kier alpha value is -3.00. The van der Waals surface area contributed by atoms with Gasteiger partial charge in [-0.1, -0.05) is 0 Å². The monoisotopic (exact) mass is 265 g/mol. The van der Waals surface area contributed by atoms with E-state index in [2.05, 4.69) is 15.9 Å². The molecule has 2 aromatic heterocycles. The van der Waals surface area contributed by atoms with Gasteiger partial charge in [-0.05, 0) is 36.3 Å². The van der Waals surface area contributed by atoms with Crippen LogP contribution in [0.5, 0.6) is 5.75 Å². The molecule has 0 bridgehead atoms. The van der Waals surface area contributed by atoms with Gasteiger partial charge in [-0.2, -0.15) is 0 Å². The largest absolute Gasteiger partial charge is 0.497 e. The molecule has 0 atom stereocenters. The van der Waals surface area contributed by atoms with E-state index < -0.39 is 0 Å². The van der Waals surface area contributed by atoms with Gasteiger partial charge < -0.3 is 9.72 Å². The average Bonchev–Trinajstić information content (AvgIpc) is 2.96. The van der Waals surface area contributed by atoms with E-state index in [0.717, 1.165) is 0 Å². The maximum absolute atomic E-state index is 12.5. The molecular formula is C15H11N3O2. The second-order valence-corrected chi connectivity index (χ2v) is 4.16. The Bertz CT molecular complexity index is 867. The van der Waals surface area contributed by atoms with Crippen molar-refractivity contribution in [3.8, 4) is 23.8 Å². The molecule has 0 radical (unpaired) electrons. The summed E-state index contributed by atoms with van der Waals surface area (Å²) in [5.41, 5.74) is 0.946. The smallest absolute Gasteiger partial charge is 0.268 e. The van der Waals surface area contributed by atoms with Crippen LogP contribution in [-0.4, -0.2) is 21.6 Å². The van der Waals surface area contributed by atoms with Crippen molar-refractivity contribution < 1.29 is 4.74 Å². The summed E-state index contributed by atoms with van der Waals surface area (Å²) in [4.78, 5) is 19.7. The molecule has 98 valence electrons. The van der Waals surface area contributed by atoms with Crippen LogP contribution in [0.25, 0.3) is 16.7 Å². The summed E-state index contributed by atoms with van der Waals surface area (Å²) in [5, 5.41) is 0.500. The van der Waals surface area contributed by atoms with E-state index in [1.165, 1.54) is 4.57 Å². The van der Waals surface area contributed by atoms with Gasteiger partial charge in [0.2, 0.25) is 0 Å². The Morgan fingerprint density at radius 2 is 2.05 bits per heavy atom. The number of nitrogens with one attached hydrogen (secondary N) is 1. The van der Waals surface area contributed by atoms with Gasteiger partial charge in [0.25, 0.3) is 5.56 Å². The predicted octanol–water partition coefficient (Wildman–Crippen LogP) is 1.70. The molecule has 0 saturated heterocycles. The van der Waals surface area contributed by atoms with Crippen LogP contribution in [-0.2, 0) is 0 Å². The van der Waals surface area contributed by atoms with Crippen molar-refractivity contribution in [1.82, 2.24) is 14.5 Å². The highest BCUT2D eigenvalue weighted by atomic mass is 16.5. The molecule has 0 aliphatic rings. The summed E-state index contributed by atoms with van der Waals surface area (Å²) >= 11 is 0. The summed E-state index contributed by atoms with van der Waals surface area (Å²) in [7, 11) is 1.58. The molecule has 2 heterocycles. The van der Waals surface area contributed by atoms with Gasteiger partial charge in [-0.25, -0.2) is 4.98 Å². The topological polar surface area (TPSA) is 59.9 Å². The lowest BCUT2D eigenvalue weighted by Crippen LogP contribution is -2.22. The third-order valence-corrected chi connectivity index (χ3v) is 3.05. The second kappa shape index (κ2) is 4.59. The lowest BCUT2D eigenvalue weighted by atomic mass is 10.2. The second-order valence-electron chi connectivity index (χ2n) is 4.16. The van der Waals surface area contributed by atoms with Gasteiger partial charge >= 0.3 is 0 Å². The summed E-state index contributed by atoms with van der Waals surface area (Å²) in [5.74, 6) is 3.41. The number of rotatable bonds is 2. The Morgan fingerprint density at radius 3 is 2.70 bits per heavy atom. The van der Waals surface area contributed by atoms with Gasteiger partial charge in [-0.3, -0.25) is 9.36 Å². The Balaban J connectivity index is 2.31. The van der Waals surface area contributed by atoms with Crippen LogP contribution in [0, 0.1) is 12.3 Å². The summed E-state index contributed by atoms with van der Waals surface area (Å²) in [6.45, 7) is 0. The van der Waals surface area contributed by atoms with Crippen molar-refractivity contribution in [2.75, 3.05) is 7.11 Å². The number of nitrogens with zero attached hydrogens (tertiary/aromatic N) is 2. The molecule has 1 aromatic carbocycles. The molecular weight excluding hydrogens is 254 g/mol. The number of methoxy groups -OCH3 is 1. The summed E-state index contributed by atoms with van der Waals surface area (Å²) in [6, 6.07) is 8.75. The minimum atomic E-state index is -0.200. The maximum atomic E-state index is 12.5. The minimum absolute atomic E-state index is 0.200. The van der Waals surface area contributed by atoms with E-state index in [0.29, 0.717) is 22.5 Å². The molecule has 20 heavy (non-hydrogen) atoms. The fraction of sp³-hybridized carbons (Fsp3) is 0.0667. The molecule has 0 fully saturated rings. The van der Waals surface area contributed by atoms with E-state index >= 15 is 0 Å². The van der Waals surface area contributed by atoms with Crippen LogP contribution in [0.15, 0.2) is 41.3 Å². The van der Waals surface area contributed by atoms with E-state index in [9.17, 15) is 4.79 Å². The van der Waals surface area contributed by atoms with Gasteiger partial charge in [0, 0.05) is 6.20 Å². The Labute approximate surface area is 114 Å². The number of terminal acetylenes is 1. The van der Waals surface area contributed by atoms with Crippen LogP contribution < -0.4 is 10.3 Å². The number of fused-ring (bicyclic) bond motifs is 1. The molecule has 0 aliphatic heterocycles. The lowest BCUT2D eigenvalue weighted by molar-refractivity contribution is 0.414. The van der Waals surface area contributed by atoms with Crippen molar-refractivity contribution in [3.05, 3.63) is 52.7 Å². The zero-order valence-electron chi connectivity index (χ0n) is 10.8. The number of benzene rings is 1. The Kier molecular flexibility index (Phi) is 2.77. The molecule has 0 saturated carbocycles. The summed E-state index contributed by atoms with van der Waals surface area (Å²) < 4.78 is 6.51. The van der Waals surface area contributed by atoms with Crippen molar-refractivity contribution >= 4 is 11.0 Å². The van der Waals surface area contributed by atoms with Crippen LogP contribution in [0.4, 0.5) is 0 Å². The van der Waals surface area contributed by atoms with Gasteiger partial charge in [-0.15, -0.1) is 6.42 Å². The fourth-order valence-electron chi connectivity index (χ4n) is 2.07. The molecule has 0 amide bonds. The number of hydrogen-bond acceptors (Lipinski definition) is 3. The fourth-order valence-corrected chi connectivity index (χ4v) is 2.07. The van der Waals surface area contributed by atoms with Gasteiger partial charge in [0.1, 0.15) is 11.4 Å². The van der Waals surface area contributed by atoms with Crippen molar-refractivity contribution in [2.45, 2.75) is 0 Å². The van der Waals surface area contributed by atoms with Gasteiger partial charge in [0.15, 0.2) is 5.82 Å². The van der Waals surface area contributed by atoms with Crippen molar-refractivity contribution in [2.24, 2.45) is 0 Å². The van der Waals surface area contributed by atoms with Crippen molar-refractivity contribution in [1.29, 1.82) is 0 Å². The predicted molar refractivity (Wildman–Crippen MR) is 76.2 cm³/mol. The number of hydrogen-bond donors (Lipinski definition) is 1. The highest BCUT2D eigenvalue weighted by Gasteiger charge is 2.11. The molecule has 5 heteroatoms. The Morgan fingerprint density at radius 1 is 1.30 bits per heavy atom. The first-order valence-corrected chi connectivity index (χ1v) is 5.96. The highest BCUT2D eigenvalue weighted by molar-refractivity contribution is 5.75. The normalized spacial score (nSPS) is 10.4. The first kappa shape index (κ1) is 12.1. The molecule has 3 aromatic rings. The van der Waals surface area contributed by atoms with E-state index in [-0.39, 0.29) is 11.4 Å². The minimum Gasteiger partial charge on any atom is -0.497 e. The molecule has 1 N–H and O–H groups in total. The van der Waals surface area contributed by atoms with Gasteiger partial charge in [0.05, 0.1) is 18.2 Å². The van der Waals surface area contributed by atoms with E-state index in [1.54, 1.807) is 43.6 Å². The lowest BCUT2D eigenvalue weighted by Gasteiger charge is -2.09. The summed E-state index contributed by atoms with van der Waals surface area (Å²) in [6.07, 6.45) is 7.13. The zero-order valence-corrected chi connectivity index (χ0v) is 10.8. The first-order chi connectivity index (χ1) is 9.74. The molecule has 3 rings (SSSR count). The van der Waals surface area contributed by atoms with Crippen LogP contribution in [0.2, 0.25) is 0 Å². The quantitative estimate of drug-likeness (QED) is 0.717. The maximum Gasteiger partial charge on any atom is 0.268 e. The zero-order chi connectivity index (χ0) is 14.1. The SMILES string of the molecule is C#Cc1nc2[nH]ccc2c(=O)n1-c1ccc(OC)cc1. The van der Waals surface area contributed by atoms with Crippen molar-refractivity contribution in [3.63, 3.8) is 0 Å². The third kappa shape index (κ3) is 1.75. The average molecular weight is 265 g/mol. The molecule has 0 unspecified atom stereocenters.